The van der Waals surface area contributed by atoms with Crippen molar-refractivity contribution in [3.63, 3.8) is 0 Å². The van der Waals surface area contributed by atoms with Crippen LogP contribution in [0.15, 0.2) is 0 Å². The Bertz CT molecular complexity index is 292. The second kappa shape index (κ2) is 9.96. The van der Waals surface area contributed by atoms with Crippen molar-refractivity contribution in [1.82, 2.24) is 0 Å². The van der Waals surface area contributed by atoms with Gasteiger partial charge >= 0.3 is 12.1 Å². The van der Waals surface area contributed by atoms with Crippen LogP contribution in [0, 0.1) is 0 Å². The lowest BCUT2D eigenvalue weighted by molar-refractivity contribution is -0.284. The topological polar surface area (TPSA) is 26.0 Å². The second-order valence-electron chi connectivity index (χ2n) is 6.13. The van der Waals surface area contributed by atoms with Crippen LogP contribution in [0.1, 0.15) is 65.2 Å². The number of halogens is 5. The van der Waals surface area contributed by atoms with Crippen LogP contribution in [-0.4, -0.2) is 29.1 Å². The van der Waals surface area contributed by atoms with Crippen LogP contribution in [-0.2, 0) is 0 Å². The normalized spacial score (nSPS) is 15.8. The van der Waals surface area contributed by atoms with Gasteiger partial charge < -0.3 is 5.73 Å². The van der Waals surface area contributed by atoms with Crippen molar-refractivity contribution < 1.29 is 22.0 Å². The number of thioether (sulfide) groups is 1. The molecule has 22 heavy (non-hydrogen) atoms. The maximum Gasteiger partial charge on any atom is 0.453 e. The van der Waals surface area contributed by atoms with Gasteiger partial charge in [-0.1, -0.05) is 26.2 Å². The van der Waals surface area contributed by atoms with Crippen LogP contribution in [0.2, 0.25) is 0 Å². The van der Waals surface area contributed by atoms with Gasteiger partial charge in [0, 0.05) is 12.0 Å². The van der Waals surface area contributed by atoms with Crippen LogP contribution in [0.4, 0.5) is 22.0 Å². The molecule has 0 aromatic carbocycles. The fourth-order valence-electron chi connectivity index (χ4n) is 2.12. The van der Waals surface area contributed by atoms with E-state index in [-0.39, 0.29) is 12.0 Å². The highest BCUT2D eigenvalue weighted by molar-refractivity contribution is 7.99. The molecule has 134 valence electrons. The molecule has 0 aliphatic heterocycles. The van der Waals surface area contributed by atoms with Crippen molar-refractivity contribution in [2.45, 2.75) is 82.9 Å². The Balaban J connectivity index is 3.66. The predicted molar refractivity (Wildman–Crippen MR) is 83.5 cm³/mol. The molecule has 0 bridgehead atoms. The summed E-state index contributed by atoms with van der Waals surface area (Å²) < 4.78 is 61.2. The van der Waals surface area contributed by atoms with Crippen molar-refractivity contribution in [3.8, 4) is 0 Å². The summed E-state index contributed by atoms with van der Waals surface area (Å²) in [5, 5.41) is 0. The van der Waals surface area contributed by atoms with Crippen molar-refractivity contribution in [2.24, 2.45) is 5.73 Å². The monoisotopic (exact) mass is 349 g/mol. The second-order valence-corrected chi connectivity index (χ2v) is 7.36. The van der Waals surface area contributed by atoms with E-state index in [1.54, 1.807) is 0 Å². The Labute approximate surface area is 134 Å². The van der Waals surface area contributed by atoms with Gasteiger partial charge in [-0.05, 0) is 44.1 Å². The average Bonchev–Trinajstić information content (AvgIpc) is 2.36. The molecule has 0 amide bonds. The molecule has 1 unspecified atom stereocenters. The zero-order chi connectivity index (χ0) is 17.3. The standard InChI is InChI=1S/C15H28F5NS/c1-3-4-5-8-13(2,21)9-6-11-22-12-7-10-14(16,17)15(18,19)20/h3-12,21H2,1-2H3. The van der Waals surface area contributed by atoms with Gasteiger partial charge in [0.05, 0.1) is 0 Å². The third-order valence-corrected chi connectivity index (χ3v) is 4.74. The zero-order valence-electron chi connectivity index (χ0n) is 13.4. The molecule has 0 aliphatic rings. The minimum absolute atomic E-state index is 0.131. The maximum absolute atomic E-state index is 12.7. The van der Waals surface area contributed by atoms with Crippen LogP contribution < -0.4 is 5.73 Å². The quantitative estimate of drug-likeness (QED) is 0.357. The highest BCUT2D eigenvalue weighted by atomic mass is 32.2. The Morgan fingerprint density at radius 3 is 1.82 bits per heavy atom. The largest absolute Gasteiger partial charge is 0.453 e. The van der Waals surface area contributed by atoms with Crippen molar-refractivity contribution >= 4 is 11.8 Å². The summed E-state index contributed by atoms with van der Waals surface area (Å²) in [5.41, 5.74) is 5.96. The Morgan fingerprint density at radius 2 is 1.32 bits per heavy atom. The van der Waals surface area contributed by atoms with Gasteiger partial charge in [-0.3, -0.25) is 0 Å². The first-order chi connectivity index (χ1) is 10.0. The molecule has 0 radical (unpaired) electrons. The molecule has 1 atom stereocenters. The lowest BCUT2D eigenvalue weighted by Gasteiger charge is -2.24. The summed E-state index contributed by atoms with van der Waals surface area (Å²) in [6.45, 7) is 4.14. The summed E-state index contributed by atoms with van der Waals surface area (Å²) in [7, 11) is 0. The van der Waals surface area contributed by atoms with Gasteiger partial charge in [0.25, 0.3) is 0 Å². The van der Waals surface area contributed by atoms with Gasteiger partial charge in [0.1, 0.15) is 0 Å². The fourth-order valence-corrected chi connectivity index (χ4v) is 3.02. The fraction of sp³-hybridized carbons (Fsp3) is 1.00. The van der Waals surface area contributed by atoms with E-state index in [1.165, 1.54) is 11.8 Å². The first-order valence-electron chi connectivity index (χ1n) is 7.83. The van der Waals surface area contributed by atoms with Gasteiger partial charge in [0.15, 0.2) is 0 Å². The van der Waals surface area contributed by atoms with Crippen LogP contribution in [0.5, 0.6) is 0 Å². The smallest absolute Gasteiger partial charge is 0.325 e. The van der Waals surface area contributed by atoms with E-state index in [2.05, 4.69) is 6.92 Å². The number of hydrogen-bond donors (Lipinski definition) is 1. The molecule has 0 aliphatic carbocycles. The summed E-state index contributed by atoms with van der Waals surface area (Å²) in [4.78, 5) is 0. The lowest BCUT2D eigenvalue weighted by Crippen LogP contribution is -2.36. The van der Waals surface area contributed by atoms with Gasteiger partial charge in [-0.25, -0.2) is 0 Å². The van der Waals surface area contributed by atoms with E-state index in [0.29, 0.717) is 5.75 Å². The third-order valence-electron chi connectivity index (χ3n) is 3.58. The molecular weight excluding hydrogens is 321 g/mol. The summed E-state index contributed by atoms with van der Waals surface area (Å²) in [5.74, 6) is -3.50. The number of alkyl halides is 5. The molecule has 0 saturated carbocycles. The first-order valence-corrected chi connectivity index (χ1v) is 8.98. The van der Waals surface area contributed by atoms with Crippen molar-refractivity contribution in [2.75, 3.05) is 11.5 Å². The van der Waals surface area contributed by atoms with E-state index in [1.807, 2.05) is 6.92 Å². The van der Waals surface area contributed by atoms with Gasteiger partial charge in [-0.2, -0.15) is 33.7 Å². The lowest BCUT2D eigenvalue weighted by atomic mass is 9.91. The van der Waals surface area contributed by atoms with E-state index >= 15 is 0 Å². The Hall–Kier alpha value is -0.0400. The molecule has 0 saturated heterocycles. The predicted octanol–water partition coefficient (Wildman–Crippen LogP) is 5.78. The molecule has 0 spiro atoms. The summed E-state index contributed by atoms with van der Waals surface area (Å²) >= 11 is 1.42. The Kier molecular flexibility index (Phi) is 9.94. The molecule has 0 aromatic heterocycles. The number of nitrogens with two attached hydrogens (primary N) is 1. The van der Waals surface area contributed by atoms with E-state index < -0.39 is 18.5 Å². The van der Waals surface area contributed by atoms with E-state index in [4.69, 9.17) is 5.73 Å². The molecule has 0 fully saturated rings. The Morgan fingerprint density at radius 1 is 0.818 bits per heavy atom. The SMILES string of the molecule is CCCCCC(C)(N)CCCSCCCC(F)(F)C(F)(F)F. The number of unbranched alkanes of at least 4 members (excludes halogenated alkanes) is 2. The molecule has 7 heteroatoms. The molecule has 1 nitrogen and oxygen atoms in total. The zero-order valence-corrected chi connectivity index (χ0v) is 14.3. The third kappa shape index (κ3) is 9.87. The minimum atomic E-state index is -5.43. The van der Waals surface area contributed by atoms with Gasteiger partial charge in [-0.15, -0.1) is 0 Å². The number of hydrogen-bond acceptors (Lipinski definition) is 2. The summed E-state index contributed by atoms with van der Waals surface area (Å²) in [6, 6.07) is 0. The highest BCUT2D eigenvalue weighted by Gasteiger charge is 2.56. The molecule has 2 N–H and O–H groups in total. The molecular formula is C15H28F5NS. The molecule has 0 heterocycles. The first kappa shape index (κ1) is 22.0. The van der Waals surface area contributed by atoms with Crippen LogP contribution >= 0.6 is 11.8 Å². The minimum Gasteiger partial charge on any atom is -0.325 e. The van der Waals surface area contributed by atoms with Crippen molar-refractivity contribution in [1.29, 1.82) is 0 Å². The molecule has 0 aromatic rings. The van der Waals surface area contributed by atoms with Gasteiger partial charge in [0.2, 0.25) is 0 Å². The van der Waals surface area contributed by atoms with E-state index in [9.17, 15) is 22.0 Å². The maximum atomic E-state index is 12.7. The summed E-state index contributed by atoms with van der Waals surface area (Å²) in [6.07, 6.45) is -0.613. The highest BCUT2D eigenvalue weighted by Crippen LogP contribution is 2.39. The number of rotatable bonds is 12. The van der Waals surface area contributed by atoms with Crippen molar-refractivity contribution in [3.05, 3.63) is 0 Å². The van der Waals surface area contributed by atoms with E-state index in [0.717, 1.165) is 44.3 Å². The van der Waals surface area contributed by atoms with Crippen LogP contribution in [0.3, 0.4) is 0 Å². The molecule has 0 rings (SSSR count). The average molecular weight is 349 g/mol. The van der Waals surface area contributed by atoms with Crippen LogP contribution in [0.25, 0.3) is 0 Å².